The van der Waals surface area contributed by atoms with E-state index in [-0.39, 0.29) is 22.9 Å². The molecule has 2 N–H and O–H groups in total. The maximum Gasteiger partial charge on any atom is 0.255 e. The molecule has 0 unspecified atom stereocenters. The number of carbonyl (C=O) groups excluding carboxylic acids is 1. The van der Waals surface area contributed by atoms with Crippen LogP contribution in [0.25, 0.3) is 0 Å². The van der Waals surface area contributed by atoms with Crippen molar-refractivity contribution in [1.82, 2.24) is 9.73 Å². The number of phenolic OH excluding ortho intramolecular Hbond substituents is 1. The zero-order valence-electron chi connectivity index (χ0n) is 18.6. The predicted octanol–water partition coefficient (Wildman–Crippen LogP) is 3.70. The molecule has 3 aromatic rings. The van der Waals surface area contributed by atoms with Gasteiger partial charge in [0.05, 0.1) is 24.8 Å². The number of aromatic hydroxyl groups is 1. The number of ether oxygens (including phenoxy) is 1. The fourth-order valence-electron chi connectivity index (χ4n) is 3.06. The molecule has 0 saturated heterocycles. The molecule has 3 aromatic carbocycles. The van der Waals surface area contributed by atoms with Crippen molar-refractivity contribution in [2.75, 3.05) is 13.7 Å². The number of hydrazone groups is 1. The van der Waals surface area contributed by atoms with E-state index in [0.29, 0.717) is 16.1 Å². The molecule has 3 rings (SSSR count). The van der Waals surface area contributed by atoms with Crippen molar-refractivity contribution in [3.8, 4) is 11.5 Å². The molecule has 0 fully saturated rings. The first-order valence-electron chi connectivity index (χ1n) is 10.2. The lowest BCUT2D eigenvalue weighted by molar-refractivity contribution is -0.121. The van der Waals surface area contributed by atoms with Crippen LogP contribution in [-0.4, -0.2) is 43.6 Å². The van der Waals surface area contributed by atoms with Crippen molar-refractivity contribution in [3.05, 3.63) is 88.4 Å². The zero-order chi connectivity index (χ0) is 24.7. The van der Waals surface area contributed by atoms with E-state index in [0.717, 1.165) is 9.87 Å². The van der Waals surface area contributed by atoms with Crippen LogP contribution in [0.1, 0.15) is 16.7 Å². The Morgan fingerprint density at radius 1 is 1.12 bits per heavy atom. The van der Waals surface area contributed by atoms with Gasteiger partial charge in [0.2, 0.25) is 10.0 Å². The summed E-state index contributed by atoms with van der Waals surface area (Å²) in [6.45, 7) is 1.34. The van der Waals surface area contributed by atoms with E-state index in [2.05, 4.69) is 10.5 Å². The number of aryl methyl sites for hydroxylation is 1. The van der Waals surface area contributed by atoms with Gasteiger partial charge in [-0.1, -0.05) is 47.5 Å². The van der Waals surface area contributed by atoms with E-state index < -0.39 is 22.5 Å². The summed E-state index contributed by atoms with van der Waals surface area (Å²) in [6.07, 6.45) is 1.24. The van der Waals surface area contributed by atoms with Gasteiger partial charge in [-0.15, -0.1) is 0 Å². The molecular formula is C24H24ClN3O5S. The van der Waals surface area contributed by atoms with Crippen LogP contribution in [-0.2, 0) is 21.4 Å². The topological polar surface area (TPSA) is 108 Å². The molecule has 10 heteroatoms. The number of methoxy groups -OCH3 is 1. The standard InChI is InChI=1S/C24H24ClN3O5S/c1-17-6-12-21(13-7-17)34(31,32)28(15-18-8-10-20(25)11-9-18)16-23(29)27-26-14-19-4-3-5-22(33-2)24(19)30/h3-14,30H,15-16H2,1-2H3,(H,27,29)/b26-14+. The van der Waals surface area contributed by atoms with E-state index in [1.807, 2.05) is 6.92 Å². The summed E-state index contributed by atoms with van der Waals surface area (Å²) in [5.74, 6) is -0.522. The minimum Gasteiger partial charge on any atom is -0.504 e. The Morgan fingerprint density at radius 3 is 2.44 bits per heavy atom. The number of amides is 1. The third kappa shape index (κ3) is 6.34. The number of carbonyl (C=O) groups is 1. The van der Waals surface area contributed by atoms with Crippen LogP contribution in [0, 0.1) is 6.92 Å². The summed E-state index contributed by atoms with van der Waals surface area (Å²) in [4.78, 5) is 12.7. The summed E-state index contributed by atoms with van der Waals surface area (Å²) in [7, 11) is -2.56. The van der Waals surface area contributed by atoms with Crippen molar-refractivity contribution in [3.63, 3.8) is 0 Å². The molecule has 0 aliphatic rings. The summed E-state index contributed by atoms with van der Waals surface area (Å²) < 4.78 is 32.7. The van der Waals surface area contributed by atoms with Gasteiger partial charge >= 0.3 is 0 Å². The molecule has 0 spiro atoms. The molecule has 0 aliphatic heterocycles. The molecule has 1 amide bonds. The maximum absolute atomic E-state index is 13.3. The number of rotatable bonds is 9. The molecule has 0 aromatic heterocycles. The molecule has 8 nitrogen and oxygen atoms in total. The summed E-state index contributed by atoms with van der Waals surface area (Å²) in [5.41, 5.74) is 4.21. The third-order valence-electron chi connectivity index (χ3n) is 4.89. The molecule has 178 valence electrons. The first-order chi connectivity index (χ1) is 16.2. The van der Waals surface area contributed by atoms with Crippen LogP contribution in [0.15, 0.2) is 76.7 Å². The highest BCUT2D eigenvalue weighted by Gasteiger charge is 2.27. The van der Waals surface area contributed by atoms with Crippen molar-refractivity contribution < 1.29 is 23.1 Å². The van der Waals surface area contributed by atoms with Gasteiger partial charge < -0.3 is 9.84 Å². The Balaban J connectivity index is 1.79. The number of para-hydroxylation sites is 1. The second kappa shape index (κ2) is 11.1. The largest absolute Gasteiger partial charge is 0.504 e. The number of phenols is 1. The lowest BCUT2D eigenvalue weighted by Gasteiger charge is -2.21. The van der Waals surface area contributed by atoms with Crippen LogP contribution < -0.4 is 10.2 Å². The normalized spacial score (nSPS) is 11.6. The SMILES string of the molecule is COc1cccc(/C=N/NC(=O)CN(Cc2ccc(Cl)cc2)S(=O)(=O)c2ccc(C)cc2)c1O. The Hall–Kier alpha value is -3.40. The average Bonchev–Trinajstić information content (AvgIpc) is 2.81. The summed E-state index contributed by atoms with van der Waals surface area (Å²) in [5, 5.41) is 14.5. The Bertz CT molecular complexity index is 1280. The van der Waals surface area contributed by atoms with Gasteiger partial charge in [0, 0.05) is 17.1 Å². The number of sulfonamides is 1. The van der Waals surface area contributed by atoms with Crippen molar-refractivity contribution >= 4 is 33.7 Å². The molecule has 0 heterocycles. The summed E-state index contributed by atoms with van der Waals surface area (Å²) in [6, 6.07) is 17.9. The second-order valence-electron chi connectivity index (χ2n) is 7.40. The van der Waals surface area contributed by atoms with Crippen LogP contribution in [0.4, 0.5) is 0 Å². The lowest BCUT2D eigenvalue weighted by Crippen LogP contribution is -2.39. The number of hydrogen-bond donors (Lipinski definition) is 2. The smallest absolute Gasteiger partial charge is 0.255 e. The first-order valence-corrected chi connectivity index (χ1v) is 12.0. The van der Waals surface area contributed by atoms with Crippen molar-refractivity contribution in [1.29, 1.82) is 0 Å². The number of nitrogens with one attached hydrogen (secondary N) is 1. The first kappa shape index (κ1) is 25.2. The molecule has 0 bridgehead atoms. The van der Waals surface area contributed by atoms with Crippen molar-refractivity contribution in [2.45, 2.75) is 18.4 Å². The minimum atomic E-state index is -3.98. The lowest BCUT2D eigenvalue weighted by atomic mass is 10.2. The van der Waals surface area contributed by atoms with Crippen LogP contribution >= 0.6 is 11.6 Å². The average molecular weight is 502 g/mol. The van der Waals surface area contributed by atoms with Crippen LogP contribution in [0.2, 0.25) is 5.02 Å². The monoisotopic (exact) mass is 501 g/mol. The van der Waals surface area contributed by atoms with Gasteiger partial charge in [-0.05, 0) is 48.9 Å². The van der Waals surface area contributed by atoms with E-state index in [1.54, 1.807) is 54.6 Å². The van der Waals surface area contributed by atoms with E-state index >= 15 is 0 Å². The number of nitrogens with zero attached hydrogens (tertiary/aromatic N) is 2. The Morgan fingerprint density at radius 2 is 1.79 bits per heavy atom. The van der Waals surface area contributed by atoms with Gasteiger partial charge in [-0.25, -0.2) is 13.8 Å². The molecule has 0 aliphatic carbocycles. The number of halogens is 1. The zero-order valence-corrected chi connectivity index (χ0v) is 20.2. The van der Waals surface area contributed by atoms with Crippen LogP contribution in [0.3, 0.4) is 0 Å². The molecule has 0 atom stereocenters. The maximum atomic E-state index is 13.3. The minimum absolute atomic E-state index is 0.0405. The van der Waals surface area contributed by atoms with Gasteiger partial charge in [0.15, 0.2) is 11.5 Å². The second-order valence-corrected chi connectivity index (χ2v) is 9.78. The highest BCUT2D eigenvalue weighted by molar-refractivity contribution is 7.89. The number of benzene rings is 3. The quantitative estimate of drug-likeness (QED) is 0.343. The van der Waals surface area contributed by atoms with E-state index in [1.165, 1.54) is 25.5 Å². The van der Waals surface area contributed by atoms with Gasteiger partial charge in [-0.2, -0.15) is 9.41 Å². The van der Waals surface area contributed by atoms with Gasteiger partial charge in [-0.3, -0.25) is 4.79 Å². The van der Waals surface area contributed by atoms with E-state index in [4.69, 9.17) is 16.3 Å². The number of hydrogen-bond acceptors (Lipinski definition) is 6. The summed E-state index contributed by atoms with van der Waals surface area (Å²) >= 11 is 5.93. The van der Waals surface area contributed by atoms with Crippen molar-refractivity contribution in [2.24, 2.45) is 5.10 Å². The molecular weight excluding hydrogens is 478 g/mol. The van der Waals surface area contributed by atoms with Gasteiger partial charge in [0.1, 0.15) is 0 Å². The highest BCUT2D eigenvalue weighted by Crippen LogP contribution is 2.28. The molecule has 34 heavy (non-hydrogen) atoms. The Kier molecular flexibility index (Phi) is 8.27. The molecule has 0 saturated carbocycles. The van der Waals surface area contributed by atoms with Gasteiger partial charge in [0.25, 0.3) is 5.91 Å². The highest BCUT2D eigenvalue weighted by atomic mass is 35.5. The van der Waals surface area contributed by atoms with Crippen LogP contribution in [0.5, 0.6) is 11.5 Å². The molecule has 0 radical (unpaired) electrons. The predicted molar refractivity (Wildman–Crippen MR) is 131 cm³/mol. The fraction of sp³-hybridized carbons (Fsp3) is 0.167. The third-order valence-corrected chi connectivity index (χ3v) is 6.95. The Labute approximate surface area is 203 Å². The fourth-order valence-corrected chi connectivity index (χ4v) is 4.57. The van der Waals surface area contributed by atoms with E-state index in [9.17, 15) is 18.3 Å².